The Hall–Kier alpha value is -1.21. The van der Waals surface area contributed by atoms with Crippen molar-refractivity contribution in [1.29, 1.82) is 0 Å². The van der Waals surface area contributed by atoms with Crippen LogP contribution >= 0.6 is 23.2 Å². The minimum absolute atomic E-state index is 0.184. The Morgan fingerprint density at radius 3 is 2.12 bits per heavy atom. The molecule has 0 heterocycles. The summed E-state index contributed by atoms with van der Waals surface area (Å²) in [6.45, 7) is -1.33. The number of nitro benzene ring substituents is 1. The third-order valence-corrected chi connectivity index (χ3v) is 2.30. The minimum atomic E-state index is -4.44. The first-order valence-electron chi connectivity index (χ1n) is 4.15. The van der Waals surface area contributed by atoms with Gasteiger partial charge in [0.15, 0.2) is 0 Å². The molecule has 0 radical (unpaired) electrons. The number of rotatable bonds is 3. The molecule has 1 aromatic rings. The van der Waals surface area contributed by atoms with Gasteiger partial charge in [0.05, 0.1) is 20.7 Å². The van der Waals surface area contributed by atoms with Gasteiger partial charge in [-0.15, -0.1) is 0 Å². The highest BCUT2D eigenvalue weighted by Crippen LogP contribution is 2.35. The Kier molecular flexibility index (Phi) is 4.05. The van der Waals surface area contributed by atoms with Crippen LogP contribution in [-0.2, 0) is 0 Å². The number of benzene rings is 1. The summed E-state index contributed by atoms with van der Waals surface area (Å²) in [6, 6.07) is 1.85. The average molecular weight is 289 g/mol. The number of nitrogens with one attached hydrogen (secondary N) is 1. The molecular weight excluding hydrogens is 284 g/mol. The molecule has 0 aromatic heterocycles. The molecule has 1 rings (SSSR count). The molecule has 0 atom stereocenters. The van der Waals surface area contributed by atoms with Gasteiger partial charge in [-0.3, -0.25) is 10.1 Å². The summed E-state index contributed by atoms with van der Waals surface area (Å²) >= 11 is 11.2. The molecular formula is C8H5Cl2F3N2O2. The second kappa shape index (κ2) is 4.97. The van der Waals surface area contributed by atoms with Crippen LogP contribution in [0.2, 0.25) is 10.0 Å². The van der Waals surface area contributed by atoms with Crippen molar-refractivity contribution in [2.45, 2.75) is 6.18 Å². The number of nitro groups is 1. The third kappa shape index (κ3) is 3.94. The van der Waals surface area contributed by atoms with Crippen LogP contribution in [-0.4, -0.2) is 17.6 Å². The van der Waals surface area contributed by atoms with Gasteiger partial charge >= 0.3 is 6.18 Å². The van der Waals surface area contributed by atoms with Gasteiger partial charge < -0.3 is 5.32 Å². The van der Waals surface area contributed by atoms with E-state index >= 15 is 0 Å². The SMILES string of the molecule is O=[N+]([O-])c1cc(Cl)c(NCC(F)(F)F)c(Cl)c1. The fourth-order valence-electron chi connectivity index (χ4n) is 1.02. The quantitative estimate of drug-likeness (QED) is 0.678. The molecule has 4 nitrogen and oxygen atoms in total. The summed E-state index contributed by atoms with van der Waals surface area (Å²) in [4.78, 5) is 9.68. The van der Waals surface area contributed by atoms with E-state index in [2.05, 4.69) is 0 Å². The number of alkyl halides is 3. The zero-order chi connectivity index (χ0) is 13.2. The molecule has 0 aliphatic carbocycles. The molecule has 0 spiro atoms. The van der Waals surface area contributed by atoms with Gasteiger partial charge in [0, 0.05) is 12.1 Å². The van der Waals surface area contributed by atoms with Gasteiger partial charge in [0.2, 0.25) is 0 Å². The van der Waals surface area contributed by atoms with Gasteiger partial charge in [-0.05, 0) is 0 Å². The van der Waals surface area contributed by atoms with E-state index in [-0.39, 0.29) is 15.7 Å². The van der Waals surface area contributed by atoms with E-state index in [0.29, 0.717) is 0 Å². The summed E-state index contributed by atoms with van der Waals surface area (Å²) in [6.07, 6.45) is -4.44. The molecule has 1 aromatic carbocycles. The summed E-state index contributed by atoms with van der Waals surface area (Å²) in [5.74, 6) is 0. The summed E-state index contributed by atoms with van der Waals surface area (Å²) in [7, 11) is 0. The lowest BCUT2D eigenvalue weighted by Crippen LogP contribution is -2.21. The number of non-ortho nitro benzene ring substituents is 1. The van der Waals surface area contributed by atoms with Crippen molar-refractivity contribution in [3.63, 3.8) is 0 Å². The topological polar surface area (TPSA) is 55.2 Å². The average Bonchev–Trinajstić information content (AvgIpc) is 2.14. The van der Waals surface area contributed by atoms with E-state index in [4.69, 9.17) is 23.2 Å². The minimum Gasteiger partial charge on any atom is -0.374 e. The number of nitrogens with zero attached hydrogens (tertiary/aromatic N) is 1. The van der Waals surface area contributed by atoms with Crippen LogP contribution in [0.3, 0.4) is 0 Å². The Morgan fingerprint density at radius 2 is 1.76 bits per heavy atom. The predicted molar refractivity (Wildman–Crippen MR) is 57.7 cm³/mol. The predicted octanol–water partition coefficient (Wildman–Crippen LogP) is 3.88. The molecule has 17 heavy (non-hydrogen) atoms. The van der Waals surface area contributed by atoms with Crippen LogP contribution in [0, 0.1) is 10.1 Å². The molecule has 94 valence electrons. The lowest BCUT2D eigenvalue weighted by Gasteiger charge is -2.12. The largest absolute Gasteiger partial charge is 0.405 e. The van der Waals surface area contributed by atoms with Crippen molar-refractivity contribution in [3.8, 4) is 0 Å². The second-order valence-corrected chi connectivity index (χ2v) is 3.82. The first-order valence-corrected chi connectivity index (χ1v) is 4.90. The van der Waals surface area contributed by atoms with Crippen LogP contribution in [0.4, 0.5) is 24.5 Å². The van der Waals surface area contributed by atoms with Gasteiger partial charge in [-0.25, -0.2) is 0 Å². The van der Waals surface area contributed by atoms with Crippen molar-refractivity contribution >= 4 is 34.6 Å². The zero-order valence-corrected chi connectivity index (χ0v) is 9.53. The number of hydrogen-bond donors (Lipinski definition) is 1. The van der Waals surface area contributed by atoms with Gasteiger partial charge in [-0.2, -0.15) is 13.2 Å². The highest BCUT2D eigenvalue weighted by atomic mass is 35.5. The highest BCUT2D eigenvalue weighted by Gasteiger charge is 2.27. The van der Waals surface area contributed by atoms with Gasteiger partial charge in [0.1, 0.15) is 6.54 Å². The smallest absolute Gasteiger partial charge is 0.374 e. The fraction of sp³-hybridized carbons (Fsp3) is 0.250. The molecule has 0 aliphatic rings. The van der Waals surface area contributed by atoms with E-state index in [1.54, 1.807) is 0 Å². The molecule has 0 amide bonds. The summed E-state index contributed by atoms with van der Waals surface area (Å²) in [5.41, 5.74) is -0.575. The zero-order valence-electron chi connectivity index (χ0n) is 8.02. The Morgan fingerprint density at radius 1 is 1.29 bits per heavy atom. The van der Waals surface area contributed by atoms with Gasteiger partial charge in [-0.1, -0.05) is 23.2 Å². The Bertz CT molecular complexity index is 428. The first-order chi connectivity index (χ1) is 7.70. The molecule has 0 bridgehead atoms. The maximum atomic E-state index is 12.0. The summed E-state index contributed by atoms with van der Waals surface area (Å²) < 4.78 is 35.9. The van der Waals surface area contributed by atoms with Crippen LogP contribution in [0.15, 0.2) is 12.1 Å². The standard InChI is InChI=1S/C8H5Cl2F3N2O2/c9-5-1-4(15(16)17)2-6(10)7(5)14-3-8(11,12)13/h1-2,14H,3H2. The Balaban J connectivity index is 2.98. The molecule has 0 fully saturated rings. The van der Waals surface area contributed by atoms with Crippen LogP contribution in [0.5, 0.6) is 0 Å². The van der Waals surface area contributed by atoms with Crippen molar-refractivity contribution in [1.82, 2.24) is 0 Å². The van der Waals surface area contributed by atoms with E-state index in [9.17, 15) is 23.3 Å². The lowest BCUT2D eigenvalue weighted by atomic mass is 10.2. The van der Waals surface area contributed by atoms with E-state index in [0.717, 1.165) is 12.1 Å². The first kappa shape index (κ1) is 13.9. The number of halogens is 5. The van der Waals surface area contributed by atoms with E-state index < -0.39 is 23.3 Å². The maximum absolute atomic E-state index is 12.0. The number of hydrogen-bond acceptors (Lipinski definition) is 3. The molecule has 0 saturated heterocycles. The van der Waals surface area contributed by atoms with E-state index in [1.807, 2.05) is 5.32 Å². The Labute approximate surface area is 103 Å². The second-order valence-electron chi connectivity index (χ2n) is 3.01. The van der Waals surface area contributed by atoms with Gasteiger partial charge in [0.25, 0.3) is 5.69 Å². The monoisotopic (exact) mass is 288 g/mol. The highest BCUT2D eigenvalue weighted by molar-refractivity contribution is 6.39. The lowest BCUT2D eigenvalue weighted by molar-refractivity contribution is -0.384. The fourth-order valence-corrected chi connectivity index (χ4v) is 1.63. The number of anilines is 1. The molecule has 0 aliphatic heterocycles. The molecule has 0 unspecified atom stereocenters. The van der Waals surface area contributed by atoms with Crippen LogP contribution in [0.25, 0.3) is 0 Å². The molecule has 9 heteroatoms. The molecule has 0 saturated carbocycles. The van der Waals surface area contributed by atoms with Crippen molar-refractivity contribution in [2.75, 3.05) is 11.9 Å². The van der Waals surface area contributed by atoms with Crippen molar-refractivity contribution in [3.05, 3.63) is 32.3 Å². The van der Waals surface area contributed by atoms with Crippen LogP contribution in [0.1, 0.15) is 0 Å². The van der Waals surface area contributed by atoms with Crippen molar-refractivity contribution in [2.24, 2.45) is 0 Å². The van der Waals surface area contributed by atoms with E-state index in [1.165, 1.54) is 0 Å². The molecule has 1 N–H and O–H groups in total. The maximum Gasteiger partial charge on any atom is 0.405 e. The van der Waals surface area contributed by atoms with Crippen LogP contribution < -0.4 is 5.32 Å². The van der Waals surface area contributed by atoms with Crippen molar-refractivity contribution < 1.29 is 18.1 Å². The summed E-state index contributed by atoms with van der Waals surface area (Å²) in [5, 5.41) is 11.9. The normalized spacial score (nSPS) is 11.4. The third-order valence-electron chi connectivity index (χ3n) is 1.70.